The number of hydrogen-bond acceptors (Lipinski definition) is 8. The standard InChI is InChI=1S/C27H33F3N4O4/c1-16(18-7-6-8-20(25(18)28)27(29,30)24-15-34(3)9-10-38-24)31-26-19-13-23(37-12-11-35-4)22(36-5)14-21(19)32-17(2)33-26/h6-8,13-14,16,24H,9-12,15H2,1-5H3,(H,31,32,33)/t16-,24-/m1/s1. The van der Waals surface area contributed by atoms with E-state index in [2.05, 4.69) is 15.3 Å². The van der Waals surface area contributed by atoms with E-state index in [0.717, 1.165) is 6.07 Å². The number of morpholine rings is 1. The van der Waals surface area contributed by atoms with Crippen LogP contribution in [0.3, 0.4) is 0 Å². The molecule has 1 aliphatic rings. The van der Waals surface area contributed by atoms with Crippen LogP contribution in [0.25, 0.3) is 10.9 Å². The number of nitrogens with zero attached hydrogens (tertiary/aromatic N) is 3. The van der Waals surface area contributed by atoms with Crippen molar-refractivity contribution in [1.29, 1.82) is 0 Å². The normalized spacial score (nSPS) is 17.4. The molecule has 3 aromatic rings. The highest BCUT2D eigenvalue weighted by Gasteiger charge is 2.46. The van der Waals surface area contributed by atoms with Crippen molar-refractivity contribution in [3.63, 3.8) is 0 Å². The lowest BCUT2D eigenvalue weighted by Gasteiger charge is -2.35. The summed E-state index contributed by atoms with van der Waals surface area (Å²) in [5.74, 6) is -2.64. The molecule has 0 radical (unpaired) electrons. The van der Waals surface area contributed by atoms with E-state index in [1.165, 1.54) is 19.2 Å². The Morgan fingerprint density at radius 2 is 1.97 bits per heavy atom. The van der Waals surface area contributed by atoms with Crippen LogP contribution in [-0.4, -0.2) is 75.1 Å². The average molecular weight is 535 g/mol. The van der Waals surface area contributed by atoms with E-state index in [1.807, 2.05) is 0 Å². The number of halogens is 3. The summed E-state index contributed by atoms with van der Waals surface area (Å²) in [5.41, 5.74) is -0.0189. The number of hydrogen-bond donors (Lipinski definition) is 1. The lowest BCUT2D eigenvalue weighted by Crippen LogP contribution is -2.48. The van der Waals surface area contributed by atoms with Gasteiger partial charge in [-0.3, -0.25) is 0 Å². The fourth-order valence-electron chi connectivity index (χ4n) is 4.47. The Balaban J connectivity index is 1.67. The number of aryl methyl sites for hydroxylation is 1. The Morgan fingerprint density at radius 3 is 2.68 bits per heavy atom. The zero-order chi connectivity index (χ0) is 27.4. The number of rotatable bonds is 10. The molecule has 1 aliphatic heterocycles. The van der Waals surface area contributed by atoms with Gasteiger partial charge in [0.15, 0.2) is 11.5 Å². The third-order valence-corrected chi connectivity index (χ3v) is 6.52. The van der Waals surface area contributed by atoms with Gasteiger partial charge in [0, 0.05) is 37.2 Å². The molecule has 11 heteroatoms. The van der Waals surface area contributed by atoms with Crippen molar-refractivity contribution in [3.05, 3.63) is 53.1 Å². The van der Waals surface area contributed by atoms with Crippen LogP contribution >= 0.6 is 0 Å². The molecule has 206 valence electrons. The zero-order valence-corrected chi connectivity index (χ0v) is 22.2. The van der Waals surface area contributed by atoms with Crippen LogP contribution < -0.4 is 14.8 Å². The van der Waals surface area contributed by atoms with Crippen LogP contribution in [0.2, 0.25) is 0 Å². The molecule has 2 atom stereocenters. The highest BCUT2D eigenvalue weighted by atomic mass is 19.3. The minimum atomic E-state index is -3.50. The lowest BCUT2D eigenvalue weighted by atomic mass is 9.96. The number of methoxy groups -OCH3 is 2. The number of ether oxygens (including phenoxy) is 4. The zero-order valence-electron chi connectivity index (χ0n) is 22.2. The minimum absolute atomic E-state index is 0.00885. The Labute approximate surface area is 220 Å². The molecule has 0 saturated carbocycles. The first kappa shape index (κ1) is 27.9. The molecule has 4 rings (SSSR count). The van der Waals surface area contributed by atoms with Gasteiger partial charge in [0.1, 0.15) is 30.2 Å². The molecule has 0 amide bonds. The highest BCUT2D eigenvalue weighted by Crippen LogP contribution is 2.39. The van der Waals surface area contributed by atoms with Gasteiger partial charge in [-0.15, -0.1) is 0 Å². The number of nitrogens with one attached hydrogen (secondary N) is 1. The third kappa shape index (κ3) is 5.79. The van der Waals surface area contributed by atoms with Gasteiger partial charge in [0.2, 0.25) is 0 Å². The second-order valence-electron chi connectivity index (χ2n) is 9.30. The number of anilines is 1. The molecule has 1 aromatic heterocycles. The van der Waals surface area contributed by atoms with Gasteiger partial charge in [0.05, 0.1) is 37.4 Å². The van der Waals surface area contributed by atoms with Crippen LogP contribution in [0.15, 0.2) is 30.3 Å². The van der Waals surface area contributed by atoms with Crippen molar-refractivity contribution in [2.24, 2.45) is 0 Å². The molecule has 0 aliphatic carbocycles. The summed E-state index contributed by atoms with van der Waals surface area (Å²) in [6.45, 7) is 4.83. The predicted octanol–water partition coefficient (Wildman–Crippen LogP) is 4.71. The summed E-state index contributed by atoms with van der Waals surface area (Å²) in [6.07, 6.45) is -1.44. The van der Waals surface area contributed by atoms with E-state index in [1.54, 1.807) is 45.0 Å². The Hall–Kier alpha value is -3.15. The van der Waals surface area contributed by atoms with Crippen molar-refractivity contribution in [1.82, 2.24) is 14.9 Å². The number of aromatic nitrogens is 2. The quantitative estimate of drug-likeness (QED) is 0.375. The average Bonchev–Trinajstić information content (AvgIpc) is 2.88. The lowest BCUT2D eigenvalue weighted by molar-refractivity contribution is -0.171. The Kier molecular flexibility index (Phi) is 8.59. The summed E-state index contributed by atoms with van der Waals surface area (Å²) >= 11 is 0. The molecule has 0 bridgehead atoms. The predicted molar refractivity (Wildman–Crippen MR) is 138 cm³/mol. The molecular formula is C27H33F3N4O4. The highest BCUT2D eigenvalue weighted by molar-refractivity contribution is 5.92. The second-order valence-corrected chi connectivity index (χ2v) is 9.30. The SMILES string of the molecule is COCCOc1cc2c(N[C@H](C)c3cccc(C(F)(F)[C@H]4CN(C)CCO4)c3F)nc(C)nc2cc1OC. The van der Waals surface area contributed by atoms with Crippen molar-refractivity contribution in [3.8, 4) is 11.5 Å². The van der Waals surface area contributed by atoms with Gasteiger partial charge in [-0.05, 0) is 33.0 Å². The largest absolute Gasteiger partial charge is 0.493 e. The fourth-order valence-corrected chi connectivity index (χ4v) is 4.47. The Morgan fingerprint density at radius 1 is 1.18 bits per heavy atom. The molecule has 0 unspecified atom stereocenters. The van der Waals surface area contributed by atoms with E-state index in [0.29, 0.717) is 53.8 Å². The molecule has 1 saturated heterocycles. The summed E-state index contributed by atoms with van der Waals surface area (Å²) < 4.78 is 68.0. The fraction of sp³-hybridized carbons (Fsp3) is 0.481. The maximum Gasteiger partial charge on any atom is 0.302 e. The molecular weight excluding hydrogens is 501 g/mol. The van der Waals surface area contributed by atoms with Crippen LogP contribution in [-0.2, 0) is 15.4 Å². The van der Waals surface area contributed by atoms with Crippen molar-refractivity contribution < 1.29 is 32.1 Å². The first-order valence-corrected chi connectivity index (χ1v) is 12.4. The minimum Gasteiger partial charge on any atom is -0.493 e. The summed E-state index contributed by atoms with van der Waals surface area (Å²) in [4.78, 5) is 10.7. The van der Waals surface area contributed by atoms with Gasteiger partial charge in [0.25, 0.3) is 0 Å². The maximum absolute atomic E-state index is 15.6. The molecule has 8 nitrogen and oxygen atoms in total. The van der Waals surface area contributed by atoms with Crippen LogP contribution in [0.1, 0.15) is 29.9 Å². The van der Waals surface area contributed by atoms with Gasteiger partial charge < -0.3 is 29.2 Å². The summed E-state index contributed by atoms with van der Waals surface area (Å²) in [7, 11) is 4.84. The van der Waals surface area contributed by atoms with Gasteiger partial charge in [-0.2, -0.15) is 8.78 Å². The monoisotopic (exact) mass is 534 g/mol. The molecule has 0 spiro atoms. The summed E-state index contributed by atoms with van der Waals surface area (Å²) in [5, 5.41) is 3.79. The van der Waals surface area contributed by atoms with E-state index in [4.69, 9.17) is 18.9 Å². The van der Waals surface area contributed by atoms with E-state index >= 15 is 13.2 Å². The topological polar surface area (TPSA) is 78.0 Å². The van der Waals surface area contributed by atoms with Gasteiger partial charge in [-0.25, -0.2) is 14.4 Å². The van der Waals surface area contributed by atoms with Crippen LogP contribution in [0.4, 0.5) is 19.0 Å². The van der Waals surface area contributed by atoms with E-state index in [-0.39, 0.29) is 18.7 Å². The number of fused-ring (bicyclic) bond motifs is 1. The number of benzene rings is 2. The molecule has 2 aromatic carbocycles. The van der Waals surface area contributed by atoms with Crippen LogP contribution in [0, 0.1) is 12.7 Å². The summed E-state index contributed by atoms with van der Waals surface area (Å²) in [6, 6.07) is 6.80. The molecule has 38 heavy (non-hydrogen) atoms. The molecule has 2 heterocycles. The first-order chi connectivity index (χ1) is 18.1. The van der Waals surface area contributed by atoms with E-state index in [9.17, 15) is 0 Å². The van der Waals surface area contributed by atoms with Gasteiger partial charge in [-0.1, -0.05) is 12.1 Å². The number of alkyl halides is 2. The Bertz CT molecular complexity index is 1280. The van der Waals surface area contributed by atoms with Crippen LogP contribution in [0.5, 0.6) is 11.5 Å². The van der Waals surface area contributed by atoms with E-state index < -0.39 is 29.4 Å². The molecule has 1 N–H and O–H groups in total. The van der Waals surface area contributed by atoms with Crippen molar-refractivity contribution >= 4 is 16.7 Å². The maximum atomic E-state index is 15.6. The second kappa shape index (κ2) is 11.7. The van der Waals surface area contributed by atoms with Gasteiger partial charge >= 0.3 is 5.92 Å². The van der Waals surface area contributed by atoms with Crippen molar-refractivity contribution in [2.75, 3.05) is 59.5 Å². The smallest absolute Gasteiger partial charge is 0.302 e. The first-order valence-electron chi connectivity index (χ1n) is 12.4. The van der Waals surface area contributed by atoms with Crippen molar-refractivity contribution in [2.45, 2.75) is 31.9 Å². The third-order valence-electron chi connectivity index (χ3n) is 6.52. The number of likely N-dealkylation sites (N-methyl/N-ethyl adjacent to an activating group) is 1. The molecule has 1 fully saturated rings.